The zero-order valence-electron chi connectivity index (χ0n) is 36.0. The molecule has 0 aromatic carbocycles. The minimum atomic E-state index is -0.769. The van der Waals surface area contributed by atoms with Crippen molar-refractivity contribution in [3.05, 3.63) is 0 Å². The smallest absolute Gasteiger partial charge is 0.306 e. The summed E-state index contributed by atoms with van der Waals surface area (Å²) < 4.78 is 6.25. The molecule has 9 heteroatoms. The third-order valence-electron chi connectivity index (χ3n) is 20.9. The summed E-state index contributed by atoms with van der Waals surface area (Å²) in [6.45, 7) is 13.7. The Kier molecular flexibility index (Phi) is 11.4. The first-order valence-electron chi connectivity index (χ1n) is 23.6. The summed E-state index contributed by atoms with van der Waals surface area (Å²) in [5, 5.41) is 67.3. The number of fused-ring (bicyclic) bond motifs is 10. The molecule has 0 spiro atoms. The Hall–Kier alpha value is -1.26. The van der Waals surface area contributed by atoms with Crippen LogP contribution in [-0.4, -0.2) is 79.2 Å². The highest BCUT2D eigenvalue weighted by Gasteiger charge is 2.67. The van der Waals surface area contributed by atoms with Crippen molar-refractivity contribution < 1.29 is 45.0 Å². The molecule has 8 aliphatic carbocycles. The molecule has 0 bridgehead atoms. The quantitative estimate of drug-likeness (QED) is 0.131. The van der Waals surface area contributed by atoms with Crippen LogP contribution in [-0.2, 0) is 14.3 Å². The Balaban J connectivity index is 0.867. The van der Waals surface area contributed by atoms with E-state index in [2.05, 4.69) is 41.5 Å². The molecule has 9 nitrogen and oxygen atoms in total. The van der Waals surface area contributed by atoms with Gasteiger partial charge in [-0.2, -0.15) is 0 Å². The van der Waals surface area contributed by atoms with Crippen LogP contribution in [0.3, 0.4) is 0 Å². The van der Waals surface area contributed by atoms with Gasteiger partial charge in [-0.1, -0.05) is 41.5 Å². The average Bonchev–Trinajstić information content (AvgIpc) is 3.70. The van der Waals surface area contributed by atoms with Gasteiger partial charge in [0.25, 0.3) is 0 Å². The molecule has 57 heavy (non-hydrogen) atoms. The monoisotopic (exact) mass is 799 g/mol. The lowest BCUT2D eigenvalue weighted by molar-refractivity contribution is -0.209. The van der Waals surface area contributed by atoms with Gasteiger partial charge >= 0.3 is 11.9 Å². The van der Waals surface area contributed by atoms with Crippen LogP contribution in [0.4, 0.5) is 0 Å². The molecule has 0 aromatic heterocycles. The SMILES string of the molecule is C[C@H](CCC(=O)O[C@@H]1CC[C@@]2(C)[C@@H](C1)C[C@H](O)[C@@H]1[C@@H]2C[C@H](O)[C@]2(C)[C@@H]([C@H](C)CCC(=O)O)CC[C@@H]12)[C@H]1CC[C@H]2[C@@H]3[C@H](O)C[C@@H]4C[C@H](O)CC[C@]4(C)[C@H]3C[C@H](O)[C@]12C. The highest BCUT2D eigenvalue weighted by molar-refractivity contribution is 5.69. The van der Waals surface area contributed by atoms with E-state index in [1.807, 2.05) is 0 Å². The summed E-state index contributed by atoms with van der Waals surface area (Å²) in [5.41, 5.74) is -0.595. The lowest BCUT2D eigenvalue weighted by Crippen LogP contribution is -2.62. The van der Waals surface area contributed by atoms with Gasteiger partial charge in [-0.15, -0.1) is 0 Å². The van der Waals surface area contributed by atoms with Crippen molar-refractivity contribution in [1.29, 1.82) is 0 Å². The van der Waals surface area contributed by atoms with Gasteiger partial charge in [0.1, 0.15) is 6.10 Å². The third-order valence-corrected chi connectivity index (χ3v) is 20.9. The first kappa shape index (κ1) is 42.4. The number of carbonyl (C=O) groups is 2. The van der Waals surface area contributed by atoms with Gasteiger partial charge in [0, 0.05) is 12.8 Å². The zero-order chi connectivity index (χ0) is 41.0. The van der Waals surface area contributed by atoms with Crippen molar-refractivity contribution in [2.24, 2.45) is 92.7 Å². The number of carbonyl (C=O) groups excluding carboxylic acids is 1. The lowest BCUT2D eigenvalue weighted by atomic mass is 9.43. The summed E-state index contributed by atoms with van der Waals surface area (Å²) in [5.74, 6) is 1.86. The second-order valence-corrected chi connectivity index (χ2v) is 22.9. The molecule has 0 aliphatic heterocycles. The minimum absolute atomic E-state index is 0.0343. The predicted molar refractivity (Wildman–Crippen MR) is 216 cm³/mol. The van der Waals surface area contributed by atoms with Gasteiger partial charge in [0.05, 0.1) is 30.5 Å². The summed E-state index contributed by atoms with van der Waals surface area (Å²) >= 11 is 0. The van der Waals surface area contributed by atoms with Gasteiger partial charge in [-0.25, -0.2) is 0 Å². The molecule has 8 saturated carbocycles. The number of carboxylic acid groups (broad SMARTS) is 1. The van der Waals surface area contributed by atoms with E-state index < -0.39 is 30.4 Å². The topological polar surface area (TPSA) is 165 Å². The zero-order valence-corrected chi connectivity index (χ0v) is 36.0. The highest BCUT2D eigenvalue weighted by Crippen LogP contribution is 2.70. The van der Waals surface area contributed by atoms with Crippen molar-refractivity contribution in [3.8, 4) is 0 Å². The first-order chi connectivity index (χ1) is 26.8. The number of esters is 1. The molecule has 6 N–H and O–H groups in total. The number of rotatable bonds is 9. The average molecular weight is 799 g/mol. The Morgan fingerprint density at radius 2 is 1.07 bits per heavy atom. The summed E-state index contributed by atoms with van der Waals surface area (Å²) in [6.07, 6.45) is 11.5. The molecule has 324 valence electrons. The van der Waals surface area contributed by atoms with E-state index in [4.69, 9.17) is 4.74 Å². The van der Waals surface area contributed by atoms with Crippen LogP contribution in [0.25, 0.3) is 0 Å². The fourth-order valence-corrected chi connectivity index (χ4v) is 17.7. The molecule has 0 heterocycles. The normalized spacial score (nSPS) is 53.9. The van der Waals surface area contributed by atoms with Crippen molar-refractivity contribution in [3.63, 3.8) is 0 Å². The molecule has 0 aromatic rings. The fourth-order valence-electron chi connectivity index (χ4n) is 17.7. The molecule has 8 rings (SSSR count). The van der Waals surface area contributed by atoms with E-state index in [1.54, 1.807) is 0 Å². The largest absolute Gasteiger partial charge is 0.481 e. The molecular weight excluding hydrogens is 721 g/mol. The van der Waals surface area contributed by atoms with Crippen molar-refractivity contribution in [2.75, 3.05) is 0 Å². The number of aliphatic hydroxyl groups is 5. The maximum Gasteiger partial charge on any atom is 0.306 e. The van der Waals surface area contributed by atoms with Crippen molar-refractivity contribution in [2.45, 2.75) is 194 Å². The Morgan fingerprint density at radius 1 is 0.596 bits per heavy atom. The standard InChI is InChI=1S/C48H78O9/c1-25(7-13-41(54)55)31-9-11-34-44-36(24-40(53)47(31,34)5)46(4)18-16-30(20-28(46)22-38(44)51)57-42(56)14-8-26(2)32-10-12-33-43-35(23-39(52)48(32,33)6)45(3)17-15-29(49)19-27(45)21-37(43)50/h25-40,43-44,49-53H,7-24H2,1-6H3,(H,54,55)/t25-,26-,27+,28+,29-,30-,31-,32-,33+,34+,35+,36+,37-,38+,39+,40+,43+,44+,45+,46+,47-,48-/m1/s1. The summed E-state index contributed by atoms with van der Waals surface area (Å²) in [6, 6.07) is 0. The van der Waals surface area contributed by atoms with Crippen molar-refractivity contribution in [1.82, 2.24) is 0 Å². The Bertz CT molecular complexity index is 1500. The maximum absolute atomic E-state index is 13.5. The van der Waals surface area contributed by atoms with E-state index in [1.165, 1.54) is 0 Å². The number of hydrogen-bond acceptors (Lipinski definition) is 8. The first-order valence-corrected chi connectivity index (χ1v) is 23.6. The van der Waals surface area contributed by atoms with Crippen LogP contribution in [0.15, 0.2) is 0 Å². The van der Waals surface area contributed by atoms with E-state index in [9.17, 15) is 40.2 Å². The van der Waals surface area contributed by atoms with E-state index in [0.29, 0.717) is 38.0 Å². The van der Waals surface area contributed by atoms with E-state index in [0.717, 1.165) is 77.0 Å². The van der Waals surface area contributed by atoms with Crippen LogP contribution < -0.4 is 0 Å². The van der Waals surface area contributed by atoms with Crippen LogP contribution in [0.1, 0.15) is 157 Å². The molecule has 8 fully saturated rings. The maximum atomic E-state index is 13.5. The molecule has 0 saturated heterocycles. The molecule has 8 aliphatic rings. The summed E-state index contributed by atoms with van der Waals surface area (Å²) in [7, 11) is 0. The lowest BCUT2D eigenvalue weighted by Gasteiger charge is -2.63. The van der Waals surface area contributed by atoms with Gasteiger partial charge < -0.3 is 35.4 Å². The van der Waals surface area contributed by atoms with Gasteiger partial charge in [0.2, 0.25) is 0 Å². The number of carboxylic acids is 1. The number of ether oxygens (including phenoxy) is 1. The second-order valence-electron chi connectivity index (χ2n) is 22.9. The van der Waals surface area contributed by atoms with Gasteiger partial charge in [0.15, 0.2) is 0 Å². The second kappa shape index (κ2) is 15.3. The molecule has 0 unspecified atom stereocenters. The predicted octanol–water partition coefficient (Wildman–Crippen LogP) is 7.38. The Morgan fingerprint density at radius 3 is 1.58 bits per heavy atom. The van der Waals surface area contributed by atoms with Crippen molar-refractivity contribution >= 4 is 11.9 Å². The molecule has 0 radical (unpaired) electrons. The van der Waals surface area contributed by atoms with E-state index >= 15 is 0 Å². The van der Waals surface area contributed by atoms with Crippen LogP contribution in [0.5, 0.6) is 0 Å². The van der Waals surface area contributed by atoms with Gasteiger partial charge in [-0.3, -0.25) is 9.59 Å². The minimum Gasteiger partial charge on any atom is -0.481 e. The van der Waals surface area contributed by atoms with Crippen LogP contribution >= 0.6 is 0 Å². The molecule has 22 atom stereocenters. The fraction of sp³-hybridized carbons (Fsp3) is 0.958. The van der Waals surface area contributed by atoms with Crippen LogP contribution in [0.2, 0.25) is 0 Å². The summed E-state index contributed by atoms with van der Waals surface area (Å²) in [4.78, 5) is 24.9. The number of aliphatic hydroxyl groups excluding tert-OH is 5. The Labute approximate surface area is 342 Å². The van der Waals surface area contributed by atoms with Gasteiger partial charge in [-0.05, 0) is 195 Å². The van der Waals surface area contributed by atoms with E-state index in [-0.39, 0.29) is 111 Å². The molecular formula is C48H78O9. The third kappa shape index (κ3) is 6.70. The molecule has 0 amide bonds. The number of hydrogen-bond donors (Lipinski definition) is 6. The number of aliphatic carboxylic acids is 1. The van der Waals surface area contributed by atoms with Crippen LogP contribution in [0, 0.1) is 92.7 Å². The highest BCUT2D eigenvalue weighted by atomic mass is 16.5.